The van der Waals surface area contributed by atoms with Crippen molar-refractivity contribution in [3.05, 3.63) is 22.7 Å². The standard InChI is InChI=1S/C14H18BrNO2/c15-10-6-11(16)8-13(7-10)18-12-2-5-17-14(9-12)3-1-4-14/h6-8,12H,1-5,9,16H2. The maximum atomic E-state index is 6.06. The van der Waals surface area contributed by atoms with Gasteiger partial charge in [0, 0.05) is 29.1 Å². The summed E-state index contributed by atoms with van der Waals surface area (Å²) in [5.41, 5.74) is 6.67. The Labute approximate surface area is 116 Å². The van der Waals surface area contributed by atoms with E-state index in [0.717, 1.165) is 35.4 Å². The number of benzene rings is 1. The summed E-state index contributed by atoms with van der Waals surface area (Å²) in [6.07, 6.45) is 5.90. The molecule has 0 aromatic heterocycles. The van der Waals surface area contributed by atoms with Gasteiger partial charge in [0.05, 0.1) is 12.2 Å². The summed E-state index contributed by atoms with van der Waals surface area (Å²) in [7, 11) is 0. The zero-order valence-electron chi connectivity index (χ0n) is 10.3. The van der Waals surface area contributed by atoms with E-state index in [0.29, 0.717) is 0 Å². The van der Waals surface area contributed by atoms with Crippen LogP contribution in [0.1, 0.15) is 32.1 Å². The third-order valence-electron chi connectivity index (χ3n) is 3.91. The van der Waals surface area contributed by atoms with E-state index in [1.54, 1.807) is 0 Å². The van der Waals surface area contributed by atoms with Crippen LogP contribution in [0.5, 0.6) is 5.75 Å². The maximum Gasteiger partial charge on any atom is 0.122 e. The lowest BCUT2D eigenvalue weighted by Gasteiger charge is -2.46. The van der Waals surface area contributed by atoms with Gasteiger partial charge in [-0.2, -0.15) is 0 Å². The van der Waals surface area contributed by atoms with Crippen LogP contribution >= 0.6 is 15.9 Å². The molecular weight excluding hydrogens is 294 g/mol. The van der Waals surface area contributed by atoms with Gasteiger partial charge in [0.15, 0.2) is 0 Å². The molecule has 1 saturated carbocycles. The molecule has 1 aromatic carbocycles. The average Bonchev–Trinajstić information content (AvgIpc) is 2.26. The maximum absolute atomic E-state index is 6.06. The molecule has 1 aliphatic carbocycles. The van der Waals surface area contributed by atoms with Crippen LogP contribution in [0.25, 0.3) is 0 Å². The van der Waals surface area contributed by atoms with Gasteiger partial charge in [0.1, 0.15) is 11.9 Å². The highest BCUT2D eigenvalue weighted by Crippen LogP contribution is 2.43. The van der Waals surface area contributed by atoms with Crippen molar-refractivity contribution in [2.24, 2.45) is 0 Å². The normalized spacial score (nSPS) is 25.7. The van der Waals surface area contributed by atoms with Crippen molar-refractivity contribution in [3.63, 3.8) is 0 Å². The smallest absolute Gasteiger partial charge is 0.122 e. The first-order chi connectivity index (χ1) is 8.65. The molecule has 0 amide bonds. The summed E-state index contributed by atoms with van der Waals surface area (Å²) < 4.78 is 12.9. The van der Waals surface area contributed by atoms with E-state index in [1.807, 2.05) is 18.2 Å². The zero-order chi connectivity index (χ0) is 12.6. The fourth-order valence-electron chi connectivity index (χ4n) is 2.85. The number of rotatable bonds is 2. The Morgan fingerprint density at radius 3 is 2.83 bits per heavy atom. The second-order valence-electron chi connectivity index (χ2n) is 5.34. The molecule has 1 heterocycles. The highest BCUT2D eigenvalue weighted by atomic mass is 79.9. The first kappa shape index (κ1) is 12.3. The van der Waals surface area contributed by atoms with Crippen LogP contribution < -0.4 is 10.5 Å². The van der Waals surface area contributed by atoms with Crippen LogP contribution in [0.4, 0.5) is 5.69 Å². The van der Waals surface area contributed by atoms with Crippen molar-refractivity contribution in [1.82, 2.24) is 0 Å². The van der Waals surface area contributed by atoms with Gasteiger partial charge in [-0.3, -0.25) is 0 Å². The van der Waals surface area contributed by atoms with Gasteiger partial charge < -0.3 is 15.2 Å². The van der Waals surface area contributed by atoms with Crippen LogP contribution in [-0.2, 0) is 4.74 Å². The zero-order valence-corrected chi connectivity index (χ0v) is 11.9. The molecule has 2 aliphatic rings. The predicted octanol–water partition coefficient (Wildman–Crippen LogP) is 3.51. The van der Waals surface area contributed by atoms with Crippen molar-refractivity contribution in [1.29, 1.82) is 0 Å². The first-order valence-corrected chi connectivity index (χ1v) is 7.31. The minimum atomic E-state index is 0.125. The topological polar surface area (TPSA) is 44.5 Å². The van der Waals surface area contributed by atoms with Crippen LogP contribution in [0.2, 0.25) is 0 Å². The fourth-order valence-corrected chi connectivity index (χ4v) is 3.34. The van der Waals surface area contributed by atoms with Gasteiger partial charge in [-0.15, -0.1) is 0 Å². The largest absolute Gasteiger partial charge is 0.490 e. The van der Waals surface area contributed by atoms with Gasteiger partial charge in [0.2, 0.25) is 0 Å². The lowest BCUT2D eigenvalue weighted by Crippen LogP contribution is -2.48. The summed E-state index contributed by atoms with van der Waals surface area (Å²) in [5, 5.41) is 0. The Morgan fingerprint density at radius 2 is 2.17 bits per heavy atom. The van der Waals surface area contributed by atoms with Crippen molar-refractivity contribution >= 4 is 21.6 Å². The number of hydrogen-bond acceptors (Lipinski definition) is 3. The molecule has 0 radical (unpaired) electrons. The molecular formula is C14H18BrNO2. The first-order valence-electron chi connectivity index (χ1n) is 6.52. The third-order valence-corrected chi connectivity index (χ3v) is 4.37. The third kappa shape index (κ3) is 2.50. The van der Waals surface area contributed by atoms with Crippen molar-refractivity contribution in [2.75, 3.05) is 12.3 Å². The Morgan fingerprint density at radius 1 is 1.33 bits per heavy atom. The Balaban J connectivity index is 1.68. The van der Waals surface area contributed by atoms with Crippen LogP contribution in [0.3, 0.4) is 0 Å². The van der Waals surface area contributed by atoms with Crippen LogP contribution in [0.15, 0.2) is 22.7 Å². The van der Waals surface area contributed by atoms with E-state index >= 15 is 0 Å². The Bertz CT molecular complexity index is 425. The average molecular weight is 312 g/mol. The van der Waals surface area contributed by atoms with E-state index in [4.69, 9.17) is 15.2 Å². The highest BCUT2D eigenvalue weighted by molar-refractivity contribution is 9.10. The Kier molecular flexibility index (Phi) is 3.24. The minimum Gasteiger partial charge on any atom is -0.490 e. The van der Waals surface area contributed by atoms with Gasteiger partial charge >= 0.3 is 0 Å². The molecule has 3 nitrogen and oxygen atoms in total. The van der Waals surface area contributed by atoms with E-state index in [-0.39, 0.29) is 11.7 Å². The van der Waals surface area contributed by atoms with E-state index in [1.165, 1.54) is 19.3 Å². The van der Waals surface area contributed by atoms with Gasteiger partial charge in [-0.25, -0.2) is 0 Å². The molecule has 1 aromatic rings. The summed E-state index contributed by atoms with van der Waals surface area (Å²) in [6.45, 7) is 0.814. The van der Waals surface area contributed by atoms with Crippen LogP contribution in [0, 0.1) is 0 Å². The number of ether oxygens (including phenoxy) is 2. The molecule has 98 valence electrons. The second kappa shape index (κ2) is 4.74. The number of nitrogens with two attached hydrogens (primary N) is 1. The molecule has 1 spiro atoms. The summed E-state index contributed by atoms with van der Waals surface area (Å²) in [6, 6.07) is 5.73. The molecule has 1 saturated heterocycles. The number of hydrogen-bond donors (Lipinski definition) is 1. The quantitative estimate of drug-likeness (QED) is 0.850. The summed E-state index contributed by atoms with van der Waals surface area (Å²) in [5.74, 6) is 0.850. The van der Waals surface area contributed by atoms with Crippen molar-refractivity contribution < 1.29 is 9.47 Å². The lowest BCUT2D eigenvalue weighted by molar-refractivity contribution is -0.153. The monoisotopic (exact) mass is 311 g/mol. The number of nitrogen functional groups attached to an aromatic ring is 1. The molecule has 4 heteroatoms. The minimum absolute atomic E-state index is 0.125. The summed E-state index contributed by atoms with van der Waals surface area (Å²) >= 11 is 3.44. The van der Waals surface area contributed by atoms with Crippen molar-refractivity contribution in [3.8, 4) is 5.75 Å². The molecule has 1 aliphatic heterocycles. The lowest BCUT2D eigenvalue weighted by atomic mass is 9.74. The van der Waals surface area contributed by atoms with Gasteiger partial charge in [-0.1, -0.05) is 15.9 Å². The van der Waals surface area contributed by atoms with Gasteiger partial charge in [0.25, 0.3) is 0 Å². The van der Waals surface area contributed by atoms with E-state index < -0.39 is 0 Å². The molecule has 2 fully saturated rings. The number of anilines is 1. The predicted molar refractivity (Wildman–Crippen MR) is 74.7 cm³/mol. The van der Waals surface area contributed by atoms with E-state index in [9.17, 15) is 0 Å². The molecule has 2 N–H and O–H groups in total. The highest BCUT2D eigenvalue weighted by Gasteiger charge is 2.43. The van der Waals surface area contributed by atoms with E-state index in [2.05, 4.69) is 15.9 Å². The molecule has 3 rings (SSSR count). The summed E-state index contributed by atoms with van der Waals surface area (Å²) in [4.78, 5) is 0. The van der Waals surface area contributed by atoms with Gasteiger partial charge in [-0.05, 0) is 31.4 Å². The fraction of sp³-hybridized carbons (Fsp3) is 0.571. The Hall–Kier alpha value is -0.740. The SMILES string of the molecule is Nc1cc(Br)cc(OC2CCOC3(CCC3)C2)c1. The molecule has 18 heavy (non-hydrogen) atoms. The number of halogens is 1. The second-order valence-corrected chi connectivity index (χ2v) is 6.25. The van der Waals surface area contributed by atoms with Crippen molar-refractivity contribution in [2.45, 2.75) is 43.8 Å². The molecule has 1 atom stereocenters. The molecule has 0 bridgehead atoms. The van der Waals surface area contributed by atoms with Crippen LogP contribution in [-0.4, -0.2) is 18.3 Å². The molecule has 1 unspecified atom stereocenters.